The molecule has 0 aromatic carbocycles. The maximum Gasteiger partial charge on any atom is 0.306 e. The molecule has 0 heterocycles. The summed E-state index contributed by atoms with van der Waals surface area (Å²) in [5.74, 6) is -0.0817. The third-order valence-corrected chi connectivity index (χ3v) is 1.73. The summed E-state index contributed by atoms with van der Waals surface area (Å²) in [7, 11) is 0. The lowest BCUT2D eigenvalue weighted by Gasteiger charge is -2.21. The highest BCUT2D eigenvalue weighted by Crippen LogP contribution is 2.22. The molecule has 0 fully saturated rings. The molecule has 14 heavy (non-hydrogen) atoms. The predicted molar refractivity (Wildman–Crippen MR) is 59.2 cm³/mol. The topological polar surface area (TPSA) is 26.3 Å². The lowest BCUT2D eigenvalue weighted by Crippen LogP contribution is -2.23. The first kappa shape index (κ1) is 13.5. The number of esters is 1. The molecule has 0 bridgehead atoms. The van der Waals surface area contributed by atoms with Gasteiger partial charge in [-0.1, -0.05) is 20.8 Å². The summed E-state index contributed by atoms with van der Waals surface area (Å²) >= 11 is 0. The lowest BCUT2D eigenvalue weighted by atomic mass is 9.90. The van der Waals surface area contributed by atoms with Crippen molar-refractivity contribution in [2.75, 3.05) is 0 Å². The van der Waals surface area contributed by atoms with Gasteiger partial charge in [0.1, 0.15) is 5.60 Å². The van der Waals surface area contributed by atoms with Gasteiger partial charge in [0.2, 0.25) is 0 Å². The van der Waals surface area contributed by atoms with Gasteiger partial charge in [0, 0.05) is 6.42 Å². The second-order valence-electron chi connectivity index (χ2n) is 6.00. The number of carbonyl (C=O) groups is 1. The lowest BCUT2D eigenvalue weighted by molar-refractivity contribution is -0.155. The maximum atomic E-state index is 11.3. The van der Waals surface area contributed by atoms with Gasteiger partial charge in [0.25, 0.3) is 0 Å². The molecule has 0 aromatic heterocycles. The van der Waals surface area contributed by atoms with Crippen LogP contribution in [0, 0.1) is 5.41 Å². The number of hydrogen-bond acceptors (Lipinski definition) is 2. The Hall–Kier alpha value is -0.530. The highest BCUT2D eigenvalue weighted by Gasteiger charge is 2.17. The van der Waals surface area contributed by atoms with E-state index in [1.165, 1.54) is 0 Å². The van der Waals surface area contributed by atoms with Crippen molar-refractivity contribution in [1.29, 1.82) is 0 Å². The summed E-state index contributed by atoms with van der Waals surface area (Å²) in [6.45, 7) is 12.2. The van der Waals surface area contributed by atoms with Gasteiger partial charge in [0.15, 0.2) is 0 Å². The van der Waals surface area contributed by atoms with E-state index in [9.17, 15) is 4.79 Å². The van der Waals surface area contributed by atoms with E-state index in [-0.39, 0.29) is 11.6 Å². The van der Waals surface area contributed by atoms with Crippen molar-refractivity contribution in [3.05, 3.63) is 0 Å². The summed E-state index contributed by atoms with van der Waals surface area (Å²) in [5, 5.41) is 0. The van der Waals surface area contributed by atoms with Crippen LogP contribution in [0.15, 0.2) is 0 Å². The van der Waals surface area contributed by atoms with Crippen LogP contribution in [0.1, 0.15) is 60.8 Å². The van der Waals surface area contributed by atoms with Crippen LogP contribution in [0.4, 0.5) is 0 Å². The number of hydrogen-bond donors (Lipinski definition) is 0. The van der Waals surface area contributed by atoms with Crippen molar-refractivity contribution in [2.24, 2.45) is 5.41 Å². The first-order chi connectivity index (χ1) is 6.10. The van der Waals surface area contributed by atoms with Crippen molar-refractivity contribution < 1.29 is 9.53 Å². The number of carbonyl (C=O) groups excluding carboxylic acids is 1. The Morgan fingerprint density at radius 1 is 1.07 bits per heavy atom. The van der Waals surface area contributed by atoms with Crippen molar-refractivity contribution >= 4 is 5.97 Å². The molecule has 0 radical (unpaired) electrons. The largest absolute Gasteiger partial charge is 0.460 e. The van der Waals surface area contributed by atoms with E-state index in [0.29, 0.717) is 11.8 Å². The maximum absolute atomic E-state index is 11.3. The van der Waals surface area contributed by atoms with E-state index in [1.54, 1.807) is 0 Å². The molecule has 0 amide bonds. The molecule has 0 atom stereocenters. The molecule has 84 valence electrons. The zero-order valence-corrected chi connectivity index (χ0v) is 10.4. The Labute approximate surface area is 88.0 Å². The van der Waals surface area contributed by atoms with Gasteiger partial charge in [-0.3, -0.25) is 4.79 Å². The highest BCUT2D eigenvalue weighted by atomic mass is 16.6. The zero-order valence-electron chi connectivity index (χ0n) is 10.4. The van der Waals surface area contributed by atoms with Crippen LogP contribution in [0.25, 0.3) is 0 Å². The fourth-order valence-corrected chi connectivity index (χ4v) is 1.16. The molecular formula is C12H24O2. The quantitative estimate of drug-likeness (QED) is 0.651. The van der Waals surface area contributed by atoms with Crippen molar-refractivity contribution in [1.82, 2.24) is 0 Å². The highest BCUT2D eigenvalue weighted by molar-refractivity contribution is 5.69. The Morgan fingerprint density at radius 3 is 1.93 bits per heavy atom. The third kappa shape index (κ3) is 9.56. The van der Waals surface area contributed by atoms with Crippen LogP contribution in [-0.2, 0) is 9.53 Å². The molecule has 0 aliphatic carbocycles. The van der Waals surface area contributed by atoms with Gasteiger partial charge < -0.3 is 4.74 Å². The van der Waals surface area contributed by atoms with E-state index >= 15 is 0 Å². The molecular weight excluding hydrogens is 176 g/mol. The van der Waals surface area contributed by atoms with Crippen molar-refractivity contribution in [3.63, 3.8) is 0 Å². The summed E-state index contributed by atoms with van der Waals surface area (Å²) < 4.78 is 5.21. The third-order valence-electron chi connectivity index (χ3n) is 1.73. The number of rotatable bonds is 3. The van der Waals surface area contributed by atoms with Crippen LogP contribution in [-0.4, -0.2) is 11.6 Å². The summed E-state index contributed by atoms with van der Waals surface area (Å²) in [5.41, 5.74) is -0.0408. The van der Waals surface area contributed by atoms with Crippen LogP contribution < -0.4 is 0 Å². The number of ether oxygens (including phenoxy) is 1. The van der Waals surface area contributed by atoms with Gasteiger partial charge in [0.05, 0.1) is 0 Å². The van der Waals surface area contributed by atoms with Crippen LogP contribution in [0.3, 0.4) is 0 Å². The average molecular weight is 200 g/mol. The molecule has 0 aliphatic rings. The Morgan fingerprint density at radius 2 is 1.57 bits per heavy atom. The molecule has 0 unspecified atom stereocenters. The fourth-order valence-electron chi connectivity index (χ4n) is 1.16. The minimum Gasteiger partial charge on any atom is -0.460 e. The van der Waals surface area contributed by atoms with E-state index in [0.717, 1.165) is 12.8 Å². The molecule has 0 spiro atoms. The second kappa shape index (κ2) is 4.81. The van der Waals surface area contributed by atoms with Gasteiger partial charge in [-0.2, -0.15) is 0 Å². The standard InChI is InChI=1S/C12H24O2/c1-11(2,3)9-7-8-10(13)14-12(4,5)6/h7-9H2,1-6H3. The van der Waals surface area contributed by atoms with Gasteiger partial charge >= 0.3 is 5.97 Å². The van der Waals surface area contributed by atoms with Gasteiger partial charge in [-0.05, 0) is 39.0 Å². The Bertz CT molecular complexity index is 181. The summed E-state index contributed by atoms with van der Waals surface area (Å²) in [6, 6.07) is 0. The van der Waals surface area contributed by atoms with Crippen LogP contribution in [0.5, 0.6) is 0 Å². The average Bonchev–Trinajstić information content (AvgIpc) is 1.78. The summed E-state index contributed by atoms with van der Waals surface area (Å²) in [4.78, 5) is 11.3. The van der Waals surface area contributed by atoms with E-state index in [2.05, 4.69) is 20.8 Å². The van der Waals surface area contributed by atoms with Gasteiger partial charge in [-0.25, -0.2) is 0 Å². The van der Waals surface area contributed by atoms with Gasteiger partial charge in [-0.15, -0.1) is 0 Å². The minimum absolute atomic E-state index is 0.0817. The van der Waals surface area contributed by atoms with Crippen LogP contribution >= 0.6 is 0 Å². The van der Waals surface area contributed by atoms with E-state index < -0.39 is 0 Å². The molecule has 2 nitrogen and oxygen atoms in total. The van der Waals surface area contributed by atoms with E-state index in [1.807, 2.05) is 20.8 Å². The Kier molecular flexibility index (Phi) is 4.63. The predicted octanol–water partition coefficient (Wildman–Crippen LogP) is 3.54. The van der Waals surface area contributed by atoms with Crippen LogP contribution in [0.2, 0.25) is 0 Å². The molecule has 0 saturated heterocycles. The first-order valence-electron chi connectivity index (χ1n) is 5.32. The Balaban J connectivity index is 3.66. The summed E-state index contributed by atoms with van der Waals surface area (Å²) in [6.07, 6.45) is 2.51. The fraction of sp³-hybridized carbons (Fsp3) is 0.917. The second-order valence-corrected chi connectivity index (χ2v) is 6.00. The minimum atomic E-state index is -0.348. The molecule has 0 aromatic rings. The molecule has 0 N–H and O–H groups in total. The van der Waals surface area contributed by atoms with Crippen molar-refractivity contribution in [2.45, 2.75) is 66.4 Å². The first-order valence-corrected chi connectivity index (χ1v) is 5.32. The zero-order chi connectivity index (χ0) is 11.4. The normalized spacial score (nSPS) is 12.7. The molecule has 0 rings (SSSR count). The molecule has 2 heteroatoms. The smallest absolute Gasteiger partial charge is 0.306 e. The van der Waals surface area contributed by atoms with E-state index in [4.69, 9.17) is 4.74 Å². The molecule has 0 aliphatic heterocycles. The monoisotopic (exact) mass is 200 g/mol. The van der Waals surface area contributed by atoms with Crippen molar-refractivity contribution in [3.8, 4) is 0 Å². The SMILES string of the molecule is CC(C)(C)CCCC(=O)OC(C)(C)C. The molecule has 0 saturated carbocycles.